The van der Waals surface area contributed by atoms with E-state index in [0.29, 0.717) is 21.2 Å². The Hall–Kier alpha value is -1.79. The number of aromatic nitrogens is 1. The van der Waals surface area contributed by atoms with Gasteiger partial charge in [0.25, 0.3) is 0 Å². The summed E-state index contributed by atoms with van der Waals surface area (Å²) in [5, 5.41) is 0.981. The molecule has 1 unspecified atom stereocenters. The molecule has 3 rings (SSSR count). The van der Waals surface area contributed by atoms with Gasteiger partial charge in [0.15, 0.2) is 0 Å². The summed E-state index contributed by atoms with van der Waals surface area (Å²) in [6.45, 7) is 0. The number of rotatable bonds is 4. The first-order valence-electron chi connectivity index (χ1n) is 7.19. The van der Waals surface area contributed by atoms with E-state index in [1.807, 2.05) is 0 Å². The smallest absolute Gasteiger partial charge is 0.127 e. The Balaban J connectivity index is 2.10. The molecule has 7 heteroatoms. The molecule has 0 aliphatic rings. The highest BCUT2D eigenvalue weighted by molar-refractivity contribution is 7.78. The predicted molar refractivity (Wildman–Crippen MR) is 97.7 cm³/mol. The van der Waals surface area contributed by atoms with Gasteiger partial charge in [-0.3, -0.25) is 9.19 Å². The third kappa shape index (κ3) is 4.25. The predicted octanol–water partition coefficient (Wildman–Crippen LogP) is 5.24. The van der Waals surface area contributed by atoms with Crippen molar-refractivity contribution in [3.05, 3.63) is 76.3 Å². The maximum absolute atomic E-state index is 14.2. The van der Waals surface area contributed by atoms with Crippen LogP contribution < -0.4 is 0 Å². The second kappa shape index (κ2) is 7.62. The molecule has 0 amide bonds. The van der Waals surface area contributed by atoms with Crippen LogP contribution in [0.3, 0.4) is 0 Å². The van der Waals surface area contributed by atoms with Crippen LogP contribution in [-0.2, 0) is 16.8 Å². The molecule has 0 aliphatic carbocycles. The first-order valence-corrected chi connectivity index (χ1v) is 9.19. The van der Waals surface area contributed by atoms with Gasteiger partial charge in [-0.2, -0.15) is 0 Å². The SMILES string of the molecule is O=S([O-])Cc1ccc(-c2cnccc2-c2cc(Cl)cc(Cl)c2)cc1F. The molecule has 0 saturated heterocycles. The molecule has 1 heterocycles. The van der Waals surface area contributed by atoms with Gasteiger partial charge in [-0.15, -0.1) is 0 Å². The summed E-state index contributed by atoms with van der Waals surface area (Å²) in [7, 11) is 0. The maximum Gasteiger partial charge on any atom is 0.127 e. The molecule has 0 N–H and O–H groups in total. The lowest BCUT2D eigenvalue weighted by molar-refractivity contribution is 0.533. The van der Waals surface area contributed by atoms with E-state index in [-0.39, 0.29) is 11.3 Å². The van der Waals surface area contributed by atoms with Crippen molar-refractivity contribution in [3.63, 3.8) is 0 Å². The van der Waals surface area contributed by atoms with E-state index in [0.717, 1.165) is 11.1 Å². The maximum atomic E-state index is 14.2. The van der Waals surface area contributed by atoms with Gasteiger partial charge < -0.3 is 4.55 Å². The molecule has 0 bridgehead atoms. The van der Waals surface area contributed by atoms with Crippen LogP contribution in [0.1, 0.15) is 5.56 Å². The lowest BCUT2D eigenvalue weighted by Crippen LogP contribution is -1.97. The van der Waals surface area contributed by atoms with E-state index in [1.54, 1.807) is 42.7 Å². The number of hydrogen-bond donors (Lipinski definition) is 0. The second-order valence-corrected chi connectivity index (χ2v) is 7.10. The number of halogens is 3. The lowest BCUT2D eigenvalue weighted by atomic mass is 9.96. The number of pyridine rings is 1. The fraction of sp³-hybridized carbons (Fsp3) is 0.0556. The number of nitrogens with zero attached hydrogens (tertiary/aromatic N) is 1. The Morgan fingerprint density at radius 2 is 1.72 bits per heavy atom. The number of hydrogen-bond acceptors (Lipinski definition) is 3. The molecule has 0 fully saturated rings. The molecule has 25 heavy (non-hydrogen) atoms. The normalized spacial score (nSPS) is 12.2. The third-order valence-electron chi connectivity index (χ3n) is 3.63. The highest BCUT2D eigenvalue weighted by Crippen LogP contribution is 2.34. The second-order valence-electron chi connectivity index (χ2n) is 5.33. The van der Waals surface area contributed by atoms with Crippen molar-refractivity contribution in [2.75, 3.05) is 0 Å². The molecule has 2 aromatic carbocycles. The Bertz CT molecular complexity index is 945. The van der Waals surface area contributed by atoms with Crippen molar-refractivity contribution in [1.82, 2.24) is 4.98 Å². The van der Waals surface area contributed by atoms with Gasteiger partial charge in [0.05, 0.1) is 0 Å². The minimum atomic E-state index is -2.35. The van der Waals surface area contributed by atoms with E-state index in [4.69, 9.17) is 23.2 Å². The Labute approximate surface area is 156 Å². The van der Waals surface area contributed by atoms with E-state index in [1.165, 1.54) is 12.1 Å². The van der Waals surface area contributed by atoms with Crippen molar-refractivity contribution in [1.29, 1.82) is 0 Å². The van der Waals surface area contributed by atoms with Gasteiger partial charge in [0.2, 0.25) is 0 Å². The molecule has 0 radical (unpaired) electrons. The Kier molecular flexibility index (Phi) is 5.49. The first kappa shape index (κ1) is 18.0. The summed E-state index contributed by atoms with van der Waals surface area (Å²) in [6, 6.07) is 11.4. The highest BCUT2D eigenvalue weighted by atomic mass is 35.5. The summed E-state index contributed by atoms with van der Waals surface area (Å²) < 4.78 is 35.8. The van der Waals surface area contributed by atoms with Gasteiger partial charge in [-0.05, 0) is 52.6 Å². The zero-order chi connectivity index (χ0) is 18.0. The first-order chi connectivity index (χ1) is 11.9. The van der Waals surface area contributed by atoms with Crippen molar-refractivity contribution >= 4 is 34.3 Å². The fourth-order valence-corrected chi connectivity index (χ4v) is 3.56. The van der Waals surface area contributed by atoms with Crippen LogP contribution in [-0.4, -0.2) is 13.7 Å². The molecule has 0 aliphatic heterocycles. The van der Waals surface area contributed by atoms with Crippen LogP contribution in [0.2, 0.25) is 10.0 Å². The average Bonchev–Trinajstić information content (AvgIpc) is 2.55. The van der Waals surface area contributed by atoms with Crippen LogP contribution >= 0.6 is 23.2 Å². The fourth-order valence-electron chi connectivity index (χ4n) is 2.54. The van der Waals surface area contributed by atoms with Crippen molar-refractivity contribution in [3.8, 4) is 22.3 Å². The van der Waals surface area contributed by atoms with E-state index in [9.17, 15) is 13.2 Å². The van der Waals surface area contributed by atoms with Crippen LogP contribution in [0.5, 0.6) is 0 Å². The van der Waals surface area contributed by atoms with E-state index < -0.39 is 16.9 Å². The quantitative estimate of drug-likeness (QED) is 0.568. The molecular formula is C18H11Cl2FNO2S-. The zero-order valence-corrected chi connectivity index (χ0v) is 15.0. The molecule has 0 spiro atoms. The van der Waals surface area contributed by atoms with Crippen LogP contribution in [0.15, 0.2) is 54.9 Å². The summed E-state index contributed by atoms with van der Waals surface area (Å²) in [5.74, 6) is -0.948. The van der Waals surface area contributed by atoms with Gasteiger partial charge in [0.1, 0.15) is 5.82 Å². The van der Waals surface area contributed by atoms with Crippen LogP contribution in [0.4, 0.5) is 4.39 Å². The standard InChI is InChI=1S/C18H12Cl2FNO2S/c19-14-5-13(6-15(20)8-14)16-3-4-22-9-17(16)11-1-2-12(10-25(23)24)18(21)7-11/h1-9H,10H2,(H,23,24)/p-1. The van der Waals surface area contributed by atoms with Gasteiger partial charge in [-0.25, -0.2) is 4.39 Å². The van der Waals surface area contributed by atoms with Crippen molar-refractivity contribution < 1.29 is 13.2 Å². The average molecular weight is 395 g/mol. The van der Waals surface area contributed by atoms with Crippen molar-refractivity contribution in [2.24, 2.45) is 0 Å². The third-order valence-corrected chi connectivity index (χ3v) is 4.62. The van der Waals surface area contributed by atoms with Crippen molar-refractivity contribution in [2.45, 2.75) is 5.75 Å². The largest absolute Gasteiger partial charge is 0.772 e. The molecule has 0 saturated carbocycles. The lowest BCUT2D eigenvalue weighted by Gasteiger charge is -2.12. The molecule has 3 nitrogen and oxygen atoms in total. The highest BCUT2D eigenvalue weighted by Gasteiger charge is 2.11. The molecule has 128 valence electrons. The zero-order valence-electron chi connectivity index (χ0n) is 12.7. The topological polar surface area (TPSA) is 53.0 Å². The Morgan fingerprint density at radius 1 is 1.00 bits per heavy atom. The van der Waals surface area contributed by atoms with Gasteiger partial charge in [-0.1, -0.05) is 46.4 Å². The Morgan fingerprint density at radius 3 is 2.36 bits per heavy atom. The van der Waals surface area contributed by atoms with Crippen LogP contribution in [0.25, 0.3) is 22.3 Å². The minimum Gasteiger partial charge on any atom is -0.772 e. The van der Waals surface area contributed by atoms with Gasteiger partial charge in [0, 0.05) is 33.8 Å². The molecule has 1 aromatic heterocycles. The van der Waals surface area contributed by atoms with Gasteiger partial charge >= 0.3 is 0 Å². The van der Waals surface area contributed by atoms with Crippen LogP contribution in [0, 0.1) is 5.82 Å². The number of benzene rings is 2. The molecule has 1 atom stereocenters. The summed E-state index contributed by atoms with van der Waals surface area (Å²) in [4.78, 5) is 4.11. The summed E-state index contributed by atoms with van der Waals surface area (Å²) >= 11 is 9.80. The summed E-state index contributed by atoms with van der Waals surface area (Å²) in [5.41, 5.74) is 2.96. The summed E-state index contributed by atoms with van der Waals surface area (Å²) in [6.07, 6.45) is 3.24. The molecule has 3 aromatic rings. The monoisotopic (exact) mass is 394 g/mol. The molecular weight excluding hydrogens is 384 g/mol. The van der Waals surface area contributed by atoms with E-state index >= 15 is 0 Å². The minimum absolute atomic E-state index is 0.119. The van der Waals surface area contributed by atoms with E-state index in [2.05, 4.69) is 4.98 Å².